The number of likely N-dealkylation sites (tertiary alicyclic amines) is 1. The van der Waals surface area contributed by atoms with Crippen molar-refractivity contribution in [1.82, 2.24) is 24.6 Å². The van der Waals surface area contributed by atoms with E-state index in [-0.39, 0.29) is 17.5 Å². The third kappa shape index (κ3) is 3.89. The predicted molar refractivity (Wildman–Crippen MR) is 128 cm³/mol. The molecule has 5 rings (SSSR count). The molecule has 1 saturated heterocycles. The first kappa shape index (κ1) is 22.0. The van der Waals surface area contributed by atoms with Crippen LogP contribution < -0.4 is 5.69 Å². The largest absolute Gasteiger partial charge is 0.348 e. The number of hydrogen-bond acceptors (Lipinski definition) is 4. The number of nitrogens with one attached hydrogen (secondary N) is 1. The van der Waals surface area contributed by atoms with E-state index in [2.05, 4.69) is 15.2 Å². The number of fused-ring (bicyclic) bond motifs is 1. The number of aromatic amines is 1. The summed E-state index contributed by atoms with van der Waals surface area (Å²) in [5, 5.41) is 7.67. The average Bonchev–Trinajstić information content (AvgIpc) is 3.44. The second kappa shape index (κ2) is 8.20. The van der Waals surface area contributed by atoms with Gasteiger partial charge in [0.05, 0.1) is 11.2 Å². The molecular formula is C26H26FN5O2. The normalized spacial score (nSPS) is 16.4. The molecule has 8 heteroatoms. The zero-order chi connectivity index (χ0) is 24.0. The van der Waals surface area contributed by atoms with Crippen LogP contribution in [0.2, 0.25) is 0 Å². The molecule has 1 fully saturated rings. The van der Waals surface area contributed by atoms with Crippen LogP contribution in [0, 0.1) is 11.2 Å². The fourth-order valence-electron chi connectivity index (χ4n) is 4.56. The van der Waals surface area contributed by atoms with Crippen LogP contribution in [0.3, 0.4) is 0 Å². The van der Waals surface area contributed by atoms with E-state index in [1.165, 1.54) is 10.6 Å². The lowest BCUT2D eigenvalue weighted by atomic mass is 9.95. The maximum absolute atomic E-state index is 15.3. The van der Waals surface area contributed by atoms with Crippen LogP contribution in [0.4, 0.5) is 4.39 Å². The Kier molecular flexibility index (Phi) is 5.31. The number of benzene rings is 2. The second-order valence-corrected chi connectivity index (χ2v) is 9.79. The fraction of sp³-hybridized carbons (Fsp3) is 0.308. The molecule has 0 spiro atoms. The molecule has 0 radical (unpaired) electrons. The summed E-state index contributed by atoms with van der Waals surface area (Å²) >= 11 is 0. The summed E-state index contributed by atoms with van der Waals surface area (Å²) in [7, 11) is 0. The van der Waals surface area contributed by atoms with Gasteiger partial charge in [-0.2, -0.15) is 5.10 Å². The predicted octanol–water partition coefficient (Wildman–Crippen LogP) is 4.28. The van der Waals surface area contributed by atoms with E-state index in [0.717, 1.165) is 16.5 Å². The Hall–Kier alpha value is -3.81. The molecule has 1 aliphatic heterocycles. The number of nitrogens with zero attached hydrogens (tertiary/aromatic N) is 4. The molecule has 1 amide bonds. The molecule has 1 aliphatic rings. The first-order valence-corrected chi connectivity index (χ1v) is 11.3. The smallest absolute Gasteiger partial charge is 0.341 e. The Labute approximate surface area is 196 Å². The van der Waals surface area contributed by atoms with Crippen LogP contribution in [-0.2, 0) is 4.79 Å². The van der Waals surface area contributed by atoms with Crippen LogP contribution in [0.15, 0.2) is 59.5 Å². The molecule has 34 heavy (non-hydrogen) atoms. The van der Waals surface area contributed by atoms with Gasteiger partial charge in [-0.1, -0.05) is 45.0 Å². The molecule has 4 aromatic rings. The van der Waals surface area contributed by atoms with Crippen LogP contribution in [0.25, 0.3) is 27.7 Å². The van der Waals surface area contributed by atoms with Gasteiger partial charge in [-0.15, -0.1) is 0 Å². The van der Waals surface area contributed by atoms with Crippen molar-refractivity contribution in [3.63, 3.8) is 0 Å². The minimum Gasteiger partial charge on any atom is -0.341 e. The molecule has 7 nitrogen and oxygen atoms in total. The monoisotopic (exact) mass is 459 g/mol. The van der Waals surface area contributed by atoms with E-state index in [1.54, 1.807) is 23.2 Å². The molecule has 0 bridgehead atoms. The van der Waals surface area contributed by atoms with Gasteiger partial charge in [0.15, 0.2) is 0 Å². The lowest BCUT2D eigenvalue weighted by Gasteiger charge is -2.25. The lowest BCUT2D eigenvalue weighted by molar-refractivity contribution is -0.138. The molecule has 1 unspecified atom stereocenters. The number of aromatic nitrogens is 4. The highest BCUT2D eigenvalue weighted by Crippen LogP contribution is 2.31. The van der Waals surface area contributed by atoms with Gasteiger partial charge >= 0.3 is 5.69 Å². The number of amides is 1. The summed E-state index contributed by atoms with van der Waals surface area (Å²) in [5.74, 6) is -0.185. The second-order valence-electron chi connectivity index (χ2n) is 9.79. The fourth-order valence-corrected chi connectivity index (χ4v) is 4.56. The Morgan fingerprint density at radius 2 is 1.88 bits per heavy atom. The highest BCUT2D eigenvalue weighted by Gasteiger charge is 2.35. The minimum atomic E-state index is -0.524. The number of carbonyl (C=O) groups is 1. The van der Waals surface area contributed by atoms with Gasteiger partial charge in [-0.25, -0.2) is 18.9 Å². The standard InChI is InChI=1S/C26H26FN5O2/c1-26(2,3)24(33)31-12-10-19(15-31)23-29-30-25(34)32(23)22-9-8-17(13-20(22)27)18-7-6-16-5-4-11-28-21(16)14-18/h4-9,11,13-14,19H,10,12,15H2,1-3H3,(H,30,34). The quantitative estimate of drug-likeness (QED) is 0.496. The molecular weight excluding hydrogens is 433 g/mol. The van der Waals surface area contributed by atoms with Crippen LogP contribution >= 0.6 is 0 Å². The number of halogens is 1. The maximum Gasteiger partial charge on any atom is 0.348 e. The molecule has 1 N–H and O–H groups in total. The van der Waals surface area contributed by atoms with Gasteiger partial charge in [0.1, 0.15) is 11.6 Å². The van der Waals surface area contributed by atoms with E-state index in [0.29, 0.717) is 30.9 Å². The summed E-state index contributed by atoms with van der Waals surface area (Å²) < 4.78 is 16.6. The molecule has 174 valence electrons. The third-order valence-corrected chi connectivity index (χ3v) is 6.31. The Morgan fingerprint density at radius 3 is 2.65 bits per heavy atom. The van der Waals surface area contributed by atoms with Crippen molar-refractivity contribution in [2.24, 2.45) is 5.41 Å². The van der Waals surface area contributed by atoms with Crippen molar-refractivity contribution < 1.29 is 9.18 Å². The highest BCUT2D eigenvalue weighted by molar-refractivity contribution is 5.84. The van der Waals surface area contributed by atoms with Gasteiger partial charge in [-0.05, 0) is 41.8 Å². The van der Waals surface area contributed by atoms with E-state index < -0.39 is 16.9 Å². The van der Waals surface area contributed by atoms with Crippen molar-refractivity contribution in [3.05, 3.63) is 76.9 Å². The molecule has 1 atom stereocenters. The molecule has 2 aromatic heterocycles. The zero-order valence-corrected chi connectivity index (χ0v) is 19.4. The Morgan fingerprint density at radius 1 is 1.12 bits per heavy atom. The van der Waals surface area contributed by atoms with Crippen molar-refractivity contribution in [2.45, 2.75) is 33.1 Å². The number of hydrogen-bond donors (Lipinski definition) is 1. The number of pyridine rings is 1. The van der Waals surface area contributed by atoms with Crippen molar-refractivity contribution >= 4 is 16.8 Å². The Bertz CT molecular complexity index is 1450. The summed E-state index contributed by atoms with van der Waals surface area (Å²) in [5.41, 5.74) is 1.50. The van der Waals surface area contributed by atoms with Gasteiger partial charge in [0, 0.05) is 36.0 Å². The van der Waals surface area contributed by atoms with Gasteiger partial charge in [0.25, 0.3) is 0 Å². The van der Waals surface area contributed by atoms with Crippen LogP contribution in [0.1, 0.15) is 38.9 Å². The maximum atomic E-state index is 15.3. The highest BCUT2D eigenvalue weighted by atomic mass is 19.1. The zero-order valence-electron chi connectivity index (χ0n) is 19.4. The van der Waals surface area contributed by atoms with E-state index in [1.807, 2.05) is 51.1 Å². The summed E-state index contributed by atoms with van der Waals surface area (Å²) in [6, 6.07) is 14.4. The first-order valence-electron chi connectivity index (χ1n) is 11.3. The van der Waals surface area contributed by atoms with Crippen LogP contribution in [0.5, 0.6) is 0 Å². The summed E-state index contributed by atoms with van der Waals surface area (Å²) in [6.45, 7) is 6.68. The van der Waals surface area contributed by atoms with E-state index >= 15 is 4.39 Å². The number of rotatable bonds is 3. The van der Waals surface area contributed by atoms with Crippen molar-refractivity contribution in [1.29, 1.82) is 0 Å². The third-order valence-electron chi connectivity index (χ3n) is 6.31. The lowest BCUT2D eigenvalue weighted by Crippen LogP contribution is -2.37. The summed E-state index contributed by atoms with van der Waals surface area (Å²) in [6.07, 6.45) is 2.39. The van der Waals surface area contributed by atoms with E-state index in [9.17, 15) is 9.59 Å². The number of H-pyrrole nitrogens is 1. The summed E-state index contributed by atoms with van der Waals surface area (Å²) in [4.78, 5) is 31.5. The Balaban J connectivity index is 1.47. The van der Waals surface area contributed by atoms with Gasteiger partial charge in [0.2, 0.25) is 5.91 Å². The van der Waals surface area contributed by atoms with Gasteiger partial charge in [-0.3, -0.25) is 9.78 Å². The van der Waals surface area contributed by atoms with Gasteiger partial charge < -0.3 is 4.90 Å². The molecule has 0 aliphatic carbocycles. The number of carbonyl (C=O) groups excluding carboxylic acids is 1. The molecule has 3 heterocycles. The van der Waals surface area contributed by atoms with Crippen molar-refractivity contribution in [2.75, 3.05) is 13.1 Å². The van der Waals surface area contributed by atoms with Crippen molar-refractivity contribution in [3.8, 4) is 16.8 Å². The molecule has 2 aromatic carbocycles. The SMILES string of the molecule is CC(C)(C)C(=O)N1CCC(c2n[nH]c(=O)n2-c2ccc(-c3ccc4cccnc4c3)cc2F)C1. The molecule has 0 saturated carbocycles. The first-order chi connectivity index (χ1) is 16.2. The van der Waals surface area contributed by atoms with Crippen LogP contribution in [-0.4, -0.2) is 43.6 Å². The topological polar surface area (TPSA) is 83.9 Å². The van der Waals surface area contributed by atoms with E-state index in [4.69, 9.17) is 0 Å². The minimum absolute atomic E-state index is 0.0554. The average molecular weight is 460 g/mol.